The first-order chi connectivity index (χ1) is 10.8. The van der Waals surface area contributed by atoms with Gasteiger partial charge < -0.3 is 9.47 Å². The molecule has 0 aromatic carbocycles. The van der Waals surface area contributed by atoms with Gasteiger partial charge in [-0.15, -0.1) is 11.3 Å². The van der Waals surface area contributed by atoms with Gasteiger partial charge in [-0.2, -0.15) is 0 Å². The van der Waals surface area contributed by atoms with Gasteiger partial charge in [-0.05, 0) is 32.1 Å². The van der Waals surface area contributed by atoms with Gasteiger partial charge in [-0.25, -0.2) is 9.97 Å². The van der Waals surface area contributed by atoms with E-state index in [-0.39, 0.29) is 5.91 Å². The van der Waals surface area contributed by atoms with Crippen molar-refractivity contribution in [1.29, 1.82) is 0 Å². The van der Waals surface area contributed by atoms with Crippen LogP contribution in [0.25, 0.3) is 0 Å². The molecule has 1 atom stereocenters. The van der Waals surface area contributed by atoms with E-state index in [0.717, 1.165) is 38.9 Å². The zero-order valence-corrected chi connectivity index (χ0v) is 13.4. The van der Waals surface area contributed by atoms with Crippen LogP contribution in [0.4, 0.5) is 0 Å². The maximum absolute atomic E-state index is 12.5. The van der Waals surface area contributed by atoms with Crippen LogP contribution in [0.2, 0.25) is 0 Å². The van der Waals surface area contributed by atoms with Crippen LogP contribution in [0.15, 0.2) is 17.1 Å². The van der Waals surface area contributed by atoms with E-state index in [4.69, 9.17) is 0 Å². The number of hydrogen-bond donors (Lipinski definition) is 0. The molecule has 0 aliphatic carbocycles. The lowest BCUT2D eigenvalue weighted by atomic mass is 9.96. The van der Waals surface area contributed by atoms with E-state index in [9.17, 15) is 4.79 Å². The molecule has 0 N–H and O–H groups in total. The maximum atomic E-state index is 12.5. The molecule has 2 aliphatic heterocycles. The molecule has 6 heteroatoms. The van der Waals surface area contributed by atoms with Crippen molar-refractivity contribution in [2.45, 2.75) is 44.6 Å². The van der Waals surface area contributed by atoms with Gasteiger partial charge in [0.15, 0.2) is 0 Å². The first kappa shape index (κ1) is 13.9. The van der Waals surface area contributed by atoms with Crippen molar-refractivity contribution in [2.75, 3.05) is 13.1 Å². The second kappa shape index (κ2) is 5.83. The molecule has 116 valence electrons. The normalized spacial score (nSPS) is 21.6. The van der Waals surface area contributed by atoms with E-state index in [0.29, 0.717) is 11.6 Å². The number of rotatable bonds is 2. The molecule has 2 aliphatic rings. The monoisotopic (exact) mass is 316 g/mol. The molecule has 5 nitrogen and oxygen atoms in total. The molecule has 0 spiro atoms. The van der Waals surface area contributed by atoms with Gasteiger partial charge in [0, 0.05) is 42.8 Å². The average molecular weight is 316 g/mol. The summed E-state index contributed by atoms with van der Waals surface area (Å²) in [7, 11) is 0. The predicted octanol–water partition coefficient (Wildman–Crippen LogP) is 2.70. The Hall–Kier alpha value is -1.69. The van der Waals surface area contributed by atoms with Gasteiger partial charge >= 0.3 is 0 Å². The second-order valence-corrected chi connectivity index (χ2v) is 6.90. The van der Waals surface area contributed by atoms with Gasteiger partial charge in [0.2, 0.25) is 0 Å². The molecule has 1 fully saturated rings. The number of imidazole rings is 1. The van der Waals surface area contributed by atoms with Crippen molar-refractivity contribution >= 4 is 17.2 Å². The predicted molar refractivity (Wildman–Crippen MR) is 85.2 cm³/mol. The van der Waals surface area contributed by atoms with E-state index in [1.165, 1.54) is 35.7 Å². The highest BCUT2D eigenvalue weighted by atomic mass is 32.1. The molecule has 1 saturated heterocycles. The minimum Gasteiger partial charge on any atom is -0.337 e. The topological polar surface area (TPSA) is 51.0 Å². The average Bonchev–Trinajstić information content (AvgIpc) is 3.24. The van der Waals surface area contributed by atoms with E-state index in [2.05, 4.69) is 14.5 Å². The van der Waals surface area contributed by atoms with E-state index in [1.54, 1.807) is 5.51 Å². The fraction of sp³-hybridized carbons (Fsp3) is 0.562. The minimum atomic E-state index is 0.0661. The van der Waals surface area contributed by atoms with Gasteiger partial charge in [-0.3, -0.25) is 4.79 Å². The van der Waals surface area contributed by atoms with Crippen LogP contribution in [0.3, 0.4) is 0 Å². The molecular formula is C16H20N4OS. The van der Waals surface area contributed by atoms with Crippen LogP contribution in [0, 0.1) is 0 Å². The highest BCUT2D eigenvalue weighted by molar-refractivity contribution is 7.07. The van der Waals surface area contributed by atoms with Crippen LogP contribution in [-0.2, 0) is 13.0 Å². The minimum absolute atomic E-state index is 0.0661. The SMILES string of the molecule is O=C(c1cscn1)N1CCC[C@H](c2ncc3n2CCCC3)C1. The number of carbonyl (C=O) groups is 1. The fourth-order valence-electron chi connectivity index (χ4n) is 3.64. The molecule has 0 bridgehead atoms. The van der Waals surface area contributed by atoms with Crippen molar-refractivity contribution in [3.05, 3.63) is 34.3 Å². The van der Waals surface area contributed by atoms with Crippen molar-refractivity contribution in [3.63, 3.8) is 0 Å². The Morgan fingerprint density at radius 3 is 3.05 bits per heavy atom. The van der Waals surface area contributed by atoms with Gasteiger partial charge in [0.05, 0.1) is 5.51 Å². The molecule has 2 aromatic heterocycles. The molecule has 0 saturated carbocycles. The summed E-state index contributed by atoms with van der Waals surface area (Å²) in [5, 5.41) is 1.84. The van der Waals surface area contributed by atoms with Gasteiger partial charge in [0.25, 0.3) is 5.91 Å². The van der Waals surface area contributed by atoms with Gasteiger partial charge in [-0.1, -0.05) is 0 Å². The third kappa shape index (κ3) is 2.45. The Morgan fingerprint density at radius 1 is 1.23 bits per heavy atom. The molecule has 4 rings (SSSR count). The standard InChI is InChI=1S/C16H20N4OS/c21-16(14-10-22-11-18-14)19-6-3-4-12(9-19)15-17-8-13-5-1-2-7-20(13)15/h8,10-12H,1-7,9H2/t12-/m0/s1. The molecule has 22 heavy (non-hydrogen) atoms. The van der Waals surface area contributed by atoms with E-state index >= 15 is 0 Å². The zero-order valence-electron chi connectivity index (χ0n) is 12.6. The van der Waals surface area contributed by atoms with E-state index in [1.807, 2.05) is 16.5 Å². The Labute approximate surface area is 134 Å². The number of likely N-dealkylation sites (tertiary alicyclic amines) is 1. The number of aromatic nitrogens is 3. The molecule has 4 heterocycles. The van der Waals surface area contributed by atoms with Crippen LogP contribution in [0.5, 0.6) is 0 Å². The summed E-state index contributed by atoms with van der Waals surface area (Å²) in [5.74, 6) is 1.62. The maximum Gasteiger partial charge on any atom is 0.273 e. The third-order valence-electron chi connectivity index (χ3n) is 4.76. The summed E-state index contributed by atoms with van der Waals surface area (Å²) in [4.78, 5) is 23.3. The Balaban J connectivity index is 1.54. The van der Waals surface area contributed by atoms with Crippen molar-refractivity contribution < 1.29 is 4.79 Å². The summed E-state index contributed by atoms with van der Waals surface area (Å²) < 4.78 is 2.39. The number of nitrogens with zero attached hydrogens (tertiary/aromatic N) is 4. The first-order valence-corrected chi connectivity index (χ1v) is 8.99. The number of fused-ring (bicyclic) bond motifs is 1. The lowest BCUT2D eigenvalue weighted by Crippen LogP contribution is -2.40. The fourth-order valence-corrected chi connectivity index (χ4v) is 4.17. The molecular weight excluding hydrogens is 296 g/mol. The number of thiazole rings is 1. The molecule has 2 aromatic rings. The second-order valence-electron chi connectivity index (χ2n) is 6.18. The molecule has 0 unspecified atom stereocenters. The van der Waals surface area contributed by atoms with Crippen LogP contribution in [-0.4, -0.2) is 38.4 Å². The summed E-state index contributed by atoms with van der Waals surface area (Å²) >= 11 is 1.47. The number of piperidine rings is 1. The smallest absolute Gasteiger partial charge is 0.273 e. The van der Waals surface area contributed by atoms with E-state index < -0.39 is 0 Å². The largest absolute Gasteiger partial charge is 0.337 e. The summed E-state index contributed by atoms with van der Waals surface area (Å²) in [6, 6.07) is 0. The van der Waals surface area contributed by atoms with Crippen molar-refractivity contribution in [1.82, 2.24) is 19.4 Å². The molecule has 1 amide bonds. The summed E-state index contributed by atoms with van der Waals surface area (Å²) in [6.45, 7) is 2.69. The van der Waals surface area contributed by atoms with Crippen LogP contribution in [0.1, 0.15) is 53.6 Å². The summed E-state index contributed by atoms with van der Waals surface area (Å²) in [5.41, 5.74) is 3.67. The lowest BCUT2D eigenvalue weighted by Gasteiger charge is -2.32. The Kier molecular flexibility index (Phi) is 3.70. The molecule has 0 radical (unpaired) electrons. The van der Waals surface area contributed by atoms with Crippen molar-refractivity contribution in [2.24, 2.45) is 0 Å². The Morgan fingerprint density at radius 2 is 2.18 bits per heavy atom. The number of amides is 1. The highest BCUT2D eigenvalue weighted by Crippen LogP contribution is 2.29. The van der Waals surface area contributed by atoms with Crippen molar-refractivity contribution in [3.8, 4) is 0 Å². The zero-order chi connectivity index (χ0) is 14.9. The quantitative estimate of drug-likeness (QED) is 0.856. The first-order valence-electron chi connectivity index (χ1n) is 8.04. The lowest BCUT2D eigenvalue weighted by molar-refractivity contribution is 0.0698. The number of carbonyl (C=O) groups excluding carboxylic acids is 1. The van der Waals surface area contributed by atoms with Crippen LogP contribution >= 0.6 is 11.3 Å². The highest BCUT2D eigenvalue weighted by Gasteiger charge is 2.29. The Bertz CT molecular complexity index is 664. The third-order valence-corrected chi connectivity index (χ3v) is 5.35. The van der Waals surface area contributed by atoms with Crippen LogP contribution < -0.4 is 0 Å². The number of aryl methyl sites for hydroxylation is 1. The number of hydrogen-bond acceptors (Lipinski definition) is 4. The van der Waals surface area contributed by atoms with Gasteiger partial charge in [0.1, 0.15) is 11.5 Å². The summed E-state index contributed by atoms with van der Waals surface area (Å²) in [6.07, 6.45) is 7.85.